The van der Waals surface area contributed by atoms with Gasteiger partial charge in [-0.3, -0.25) is 0 Å². The number of methoxy groups -OCH3 is 1. The van der Waals surface area contributed by atoms with Gasteiger partial charge in [-0.1, -0.05) is 0 Å². The first kappa shape index (κ1) is 13.9. The lowest BCUT2D eigenvalue weighted by atomic mass is 10.2. The lowest BCUT2D eigenvalue weighted by Gasteiger charge is -2.08. The average Bonchev–Trinajstić information content (AvgIpc) is 3.10. The maximum atomic E-state index is 11.4. The lowest BCUT2D eigenvalue weighted by Crippen LogP contribution is -2.01. The number of nitrogens with zero attached hydrogens (tertiary/aromatic N) is 2. The number of carbonyl (C=O) groups is 1. The number of hydrogen-bond acceptors (Lipinski definition) is 4. The Labute approximate surface area is 128 Å². The van der Waals surface area contributed by atoms with E-state index in [4.69, 9.17) is 0 Å². The minimum atomic E-state index is -0.338. The quantitative estimate of drug-likeness (QED) is 0.749. The molecule has 0 atom stereocenters. The van der Waals surface area contributed by atoms with Gasteiger partial charge in [-0.25, -0.2) is 9.48 Å². The first-order valence-corrected chi connectivity index (χ1v) is 6.82. The highest BCUT2D eigenvalue weighted by atomic mass is 16.5. The van der Waals surface area contributed by atoms with Crippen molar-refractivity contribution in [2.24, 2.45) is 0 Å². The van der Waals surface area contributed by atoms with Crippen molar-refractivity contribution in [3.63, 3.8) is 0 Å². The van der Waals surface area contributed by atoms with E-state index in [0.29, 0.717) is 5.56 Å². The Kier molecular flexibility index (Phi) is 3.87. The van der Waals surface area contributed by atoms with Crippen LogP contribution in [0.25, 0.3) is 5.69 Å². The van der Waals surface area contributed by atoms with Crippen LogP contribution in [-0.4, -0.2) is 22.9 Å². The molecule has 0 saturated carbocycles. The highest BCUT2D eigenvalue weighted by molar-refractivity contribution is 5.89. The molecule has 0 radical (unpaired) electrons. The van der Waals surface area contributed by atoms with Crippen molar-refractivity contribution >= 4 is 17.3 Å². The van der Waals surface area contributed by atoms with Crippen molar-refractivity contribution in [3.8, 4) is 5.69 Å². The van der Waals surface area contributed by atoms with Gasteiger partial charge in [0.15, 0.2) is 0 Å². The van der Waals surface area contributed by atoms with Gasteiger partial charge in [-0.05, 0) is 54.6 Å². The van der Waals surface area contributed by atoms with Crippen LogP contribution in [0.3, 0.4) is 0 Å². The maximum absolute atomic E-state index is 11.4. The Morgan fingerprint density at radius 3 is 2.23 bits per heavy atom. The second-order valence-electron chi connectivity index (χ2n) is 4.69. The fourth-order valence-electron chi connectivity index (χ4n) is 2.09. The number of esters is 1. The molecule has 0 saturated heterocycles. The molecule has 5 heteroatoms. The van der Waals surface area contributed by atoms with Gasteiger partial charge in [0.05, 0.1) is 18.4 Å². The molecule has 5 nitrogen and oxygen atoms in total. The summed E-state index contributed by atoms with van der Waals surface area (Å²) in [7, 11) is 1.37. The summed E-state index contributed by atoms with van der Waals surface area (Å²) in [6.07, 6.45) is 3.64. The Morgan fingerprint density at radius 1 is 1.05 bits per heavy atom. The molecule has 3 aromatic rings. The first-order chi connectivity index (χ1) is 10.8. The third-order valence-corrected chi connectivity index (χ3v) is 3.23. The molecule has 2 aromatic carbocycles. The van der Waals surface area contributed by atoms with E-state index in [9.17, 15) is 4.79 Å². The standard InChI is InChI=1S/C17H15N3O2/c1-22-17(21)13-3-5-14(6-4-13)19-15-7-9-16(10-8-15)20-12-2-11-18-20/h2-12,19H,1H3. The largest absolute Gasteiger partial charge is 0.465 e. The average molecular weight is 293 g/mol. The third kappa shape index (κ3) is 2.98. The smallest absolute Gasteiger partial charge is 0.337 e. The van der Waals surface area contributed by atoms with Crippen molar-refractivity contribution in [2.75, 3.05) is 12.4 Å². The summed E-state index contributed by atoms with van der Waals surface area (Å²) in [5, 5.41) is 7.47. The summed E-state index contributed by atoms with van der Waals surface area (Å²) in [5.41, 5.74) is 3.39. The number of nitrogens with one attached hydrogen (secondary N) is 1. The van der Waals surface area contributed by atoms with Crippen molar-refractivity contribution in [1.29, 1.82) is 0 Å². The van der Waals surface area contributed by atoms with E-state index in [-0.39, 0.29) is 5.97 Å². The molecule has 1 aromatic heterocycles. The Hall–Kier alpha value is -3.08. The highest BCUT2D eigenvalue weighted by Gasteiger charge is 2.04. The normalized spacial score (nSPS) is 10.2. The van der Waals surface area contributed by atoms with E-state index in [2.05, 4.69) is 15.2 Å². The van der Waals surface area contributed by atoms with Crippen LogP contribution in [0, 0.1) is 0 Å². The van der Waals surface area contributed by atoms with Gasteiger partial charge < -0.3 is 10.1 Å². The zero-order valence-electron chi connectivity index (χ0n) is 12.1. The SMILES string of the molecule is COC(=O)c1ccc(Nc2ccc(-n3cccn3)cc2)cc1. The van der Waals surface area contributed by atoms with Crippen LogP contribution in [0.4, 0.5) is 11.4 Å². The fraction of sp³-hybridized carbons (Fsp3) is 0.0588. The van der Waals surface area contributed by atoms with Crippen molar-refractivity contribution in [3.05, 3.63) is 72.6 Å². The van der Waals surface area contributed by atoms with E-state index >= 15 is 0 Å². The maximum Gasteiger partial charge on any atom is 0.337 e. The number of ether oxygens (including phenoxy) is 1. The molecular formula is C17H15N3O2. The number of hydrogen-bond donors (Lipinski definition) is 1. The molecule has 0 fully saturated rings. The monoisotopic (exact) mass is 293 g/mol. The van der Waals surface area contributed by atoms with Gasteiger partial charge >= 0.3 is 5.97 Å². The predicted octanol–water partition coefficient (Wildman–Crippen LogP) is 3.40. The van der Waals surface area contributed by atoms with Gasteiger partial charge in [0.2, 0.25) is 0 Å². The van der Waals surface area contributed by atoms with E-state index in [0.717, 1.165) is 17.1 Å². The predicted molar refractivity (Wildman–Crippen MR) is 84.6 cm³/mol. The Bertz CT molecular complexity index is 748. The molecule has 0 amide bonds. The summed E-state index contributed by atoms with van der Waals surface area (Å²) in [5.74, 6) is -0.338. The van der Waals surface area contributed by atoms with Crippen LogP contribution in [0.1, 0.15) is 10.4 Å². The van der Waals surface area contributed by atoms with Crippen LogP contribution < -0.4 is 5.32 Å². The highest BCUT2D eigenvalue weighted by Crippen LogP contribution is 2.19. The van der Waals surface area contributed by atoms with Gasteiger partial charge in [-0.2, -0.15) is 5.10 Å². The molecule has 3 rings (SSSR count). The number of carbonyl (C=O) groups excluding carboxylic acids is 1. The van der Waals surface area contributed by atoms with Crippen LogP contribution in [-0.2, 0) is 4.74 Å². The van der Waals surface area contributed by atoms with Crippen molar-refractivity contribution in [2.45, 2.75) is 0 Å². The summed E-state index contributed by atoms with van der Waals surface area (Å²) in [6.45, 7) is 0. The molecule has 1 heterocycles. The van der Waals surface area contributed by atoms with E-state index in [1.165, 1.54) is 7.11 Å². The lowest BCUT2D eigenvalue weighted by molar-refractivity contribution is 0.0601. The Morgan fingerprint density at radius 2 is 1.68 bits per heavy atom. The van der Waals surface area contributed by atoms with Gasteiger partial charge in [0.1, 0.15) is 0 Å². The molecule has 0 unspecified atom stereocenters. The van der Waals surface area contributed by atoms with E-state index < -0.39 is 0 Å². The van der Waals surface area contributed by atoms with Crippen molar-refractivity contribution < 1.29 is 9.53 Å². The number of benzene rings is 2. The zero-order chi connectivity index (χ0) is 15.4. The van der Waals surface area contributed by atoms with Gasteiger partial charge in [-0.15, -0.1) is 0 Å². The van der Waals surface area contributed by atoms with Crippen LogP contribution >= 0.6 is 0 Å². The topological polar surface area (TPSA) is 56.1 Å². The Balaban J connectivity index is 1.72. The summed E-state index contributed by atoms with van der Waals surface area (Å²) < 4.78 is 6.48. The first-order valence-electron chi connectivity index (χ1n) is 6.82. The molecule has 110 valence electrons. The molecular weight excluding hydrogens is 278 g/mol. The number of rotatable bonds is 4. The minimum Gasteiger partial charge on any atom is -0.465 e. The van der Waals surface area contributed by atoms with Gasteiger partial charge in [0.25, 0.3) is 0 Å². The van der Waals surface area contributed by atoms with E-state index in [1.54, 1.807) is 23.0 Å². The van der Waals surface area contributed by atoms with Crippen LogP contribution in [0.5, 0.6) is 0 Å². The summed E-state index contributed by atoms with van der Waals surface area (Å²) in [4.78, 5) is 11.4. The second-order valence-corrected chi connectivity index (χ2v) is 4.69. The van der Waals surface area contributed by atoms with E-state index in [1.807, 2.05) is 48.7 Å². The summed E-state index contributed by atoms with van der Waals surface area (Å²) in [6, 6.07) is 16.9. The van der Waals surface area contributed by atoms with Crippen molar-refractivity contribution in [1.82, 2.24) is 9.78 Å². The minimum absolute atomic E-state index is 0.338. The molecule has 0 spiro atoms. The molecule has 0 aliphatic carbocycles. The molecule has 1 N–H and O–H groups in total. The summed E-state index contributed by atoms with van der Waals surface area (Å²) >= 11 is 0. The van der Waals surface area contributed by atoms with Gasteiger partial charge in [0, 0.05) is 23.8 Å². The molecule has 0 aliphatic rings. The zero-order valence-corrected chi connectivity index (χ0v) is 12.1. The number of anilines is 2. The second kappa shape index (κ2) is 6.13. The molecule has 22 heavy (non-hydrogen) atoms. The molecule has 0 bridgehead atoms. The van der Waals surface area contributed by atoms with Crippen LogP contribution in [0.2, 0.25) is 0 Å². The third-order valence-electron chi connectivity index (χ3n) is 3.23. The number of aromatic nitrogens is 2. The van der Waals surface area contributed by atoms with Crippen LogP contribution in [0.15, 0.2) is 67.0 Å². The fourth-order valence-corrected chi connectivity index (χ4v) is 2.09. The molecule has 0 aliphatic heterocycles.